The number of esters is 1. The van der Waals surface area contributed by atoms with Gasteiger partial charge in [0.1, 0.15) is 12.1 Å². The van der Waals surface area contributed by atoms with Crippen LogP contribution in [-0.4, -0.2) is 58.8 Å². The van der Waals surface area contributed by atoms with Crippen LogP contribution in [0.4, 0.5) is 4.79 Å². The zero-order valence-electron chi connectivity index (χ0n) is 16.8. The second-order valence-corrected chi connectivity index (χ2v) is 7.42. The van der Waals surface area contributed by atoms with Gasteiger partial charge in [0.05, 0.1) is 0 Å². The molecule has 2 aliphatic heterocycles. The zero-order valence-corrected chi connectivity index (χ0v) is 16.8. The molecule has 156 valence electrons. The number of nitrogens with zero attached hydrogens (tertiary/aromatic N) is 2. The predicted molar refractivity (Wildman–Crippen MR) is 105 cm³/mol. The molecule has 1 aromatic carbocycles. The van der Waals surface area contributed by atoms with E-state index in [0.717, 1.165) is 17.7 Å². The molecule has 1 N–H and O–H groups in total. The Kier molecular flexibility index (Phi) is 6.20. The molecule has 8 nitrogen and oxygen atoms in total. The van der Waals surface area contributed by atoms with Gasteiger partial charge in [-0.25, -0.2) is 4.79 Å². The lowest BCUT2D eigenvalue weighted by atomic mass is 9.93. The van der Waals surface area contributed by atoms with E-state index in [4.69, 9.17) is 4.74 Å². The van der Waals surface area contributed by atoms with Gasteiger partial charge in [0.25, 0.3) is 11.8 Å². The van der Waals surface area contributed by atoms with Crippen LogP contribution in [0.15, 0.2) is 30.3 Å². The molecule has 1 atom stereocenters. The Morgan fingerprint density at radius 3 is 2.28 bits per heavy atom. The fourth-order valence-electron chi connectivity index (χ4n) is 3.84. The summed E-state index contributed by atoms with van der Waals surface area (Å²) in [6.45, 7) is 4.35. The Morgan fingerprint density at radius 2 is 1.72 bits per heavy atom. The number of likely N-dealkylation sites (tertiary alicyclic amines) is 1. The summed E-state index contributed by atoms with van der Waals surface area (Å²) in [6, 6.07) is 8.17. The van der Waals surface area contributed by atoms with Gasteiger partial charge in [-0.15, -0.1) is 0 Å². The van der Waals surface area contributed by atoms with Crippen LogP contribution in [0, 0.1) is 0 Å². The monoisotopic (exact) mass is 401 g/mol. The molecule has 0 spiro atoms. The Hall–Kier alpha value is -2.90. The van der Waals surface area contributed by atoms with Gasteiger partial charge in [0.15, 0.2) is 0 Å². The number of nitrogens with one attached hydrogen (secondary N) is 1. The van der Waals surface area contributed by atoms with Crippen LogP contribution in [0.25, 0.3) is 0 Å². The van der Waals surface area contributed by atoms with E-state index in [1.807, 2.05) is 19.9 Å². The number of hydrogen-bond acceptors (Lipinski definition) is 5. The van der Waals surface area contributed by atoms with Crippen molar-refractivity contribution in [2.45, 2.75) is 51.2 Å². The lowest BCUT2D eigenvalue weighted by molar-refractivity contribution is -0.161. The summed E-state index contributed by atoms with van der Waals surface area (Å²) in [5, 5.41) is 2.68. The molecule has 0 bridgehead atoms. The van der Waals surface area contributed by atoms with Crippen molar-refractivity contribution in [2.24, 2.45) is 0 Å². The minimum Gasteiger partial charge on any atom is -0.446 e. The number of ether oxygens (including phenoxy) is 1. The van der Waals surface area contributed by atoms with Crippen molar-refractivity contribution >= 4 is 23.8 Å². The van der Waals surface area contributed by atoms with Crippen LogP contribution in [0.5, 0.6) is 0 Å². The van der Waals surface area contributed by atoms with Crippen molar-refractivity contribution < 1.29 is 23.9 Å². The molecule has 0 saturated carbocycles. The number of rotatable bonds is 7. The summed E-state index contributed by atoms with van der Waals surface area (Å²) in [6.07, 6.45) is 1.60. The van der Waals surface area contributed by atoms with Crippen molar-refractivity contribution in [2.75, 3.05) is 19.6 Å². The molecule has 0 radical (unpaired) electrons. The Balaban J connectivity index is 1.74. The number of imide groups is 1. The second kappa shape index (κ2) is 8.63. The molecule has 1 aromatic rings. The Bertz CT molecular complexity index is 785. The van der Waals surface area contributed by atoms with E-state index in [2.05, 4.69) is 5.32 Å². The topological polar surface area (TPSA) is 96.0 Å². The Morgan fingerprint density at radius 1 is 1.10 bits per heavy atom. The van der Waals surface area contributed by atoms with E-state index in [1.165, 1.54) is 0 Å². The van der Waals surface area contributed by atoms with E-state index in [1.54, 1.807) is 29.2 Å². The number of amides is 4. The number of benzene rings is 1. The van der Waals surface area contributed by atoms with Gasteiger partial charge in [0, 0.05) is 18.7 Å². The molecular weight excluding hydrogens is 374 g/mol. The summed E-state index contributed by atoms with van der Waals surface area (Å²) >= 11 is 0. The summed E-state index contributed by atoms with van der Waals surface area (Å²) in [5.41, 5.74) is -0.423. The number of carbonyl (C=O) groups excluding carboxylic acids is 4. The van der Waals surface area contributed by atoms with Gasteiger partial charge in [-0.3, -0.25) is 19.3 Å². The molecule has 2 saturated heterocycles. The van der Waals surface area contributed by atoms with E-state index in [9.17, 15) is 19.2 Å². The molecule has 3 rings (SSSR count). The van der Waals surface area contributed by atoms with Gasteiger partial charge in [-0.1, -0.05) is 44.2 Å². The maximum atomic E-state index is 12.9. The Labute approximate surface area is 170 Å². The molecule has 2 aliphatic rings. The average Bonchev–Trinajstić information content (AvgIpc) is 3.35. The van der Waals surface area contributed by atoms with Gasteiger partial charge >= 0.3 is 12.0 Å². The predicted octanol–water partition coefficient (Wildman–Crippen LogP) is 2.00. The highest BCUT2D eigenvalue weighted by atomic mass is 16.5. The zero-order chi connectivity index (χ0) is 21.0. The number of urea groups is 1. The van der Waals surface area contributed by atoms with Crippen molar-refractivity contribution in [1.82, 2.24) is 15.1 Å². The van der Waals surface area contributed by atoms with Crippen LogP contribution >= 0.6 is 0 Å². The highest BCUT2D eigenvalue weighted by Crippen LogP contribution is 2.26. The molecule has 2 heterocycles. The molecule has 8 heteroatoms. The fourth-order valence-corrected chi connectivity index (χ4v) is 3.84. The molecule has 29 heavy (non-hydrogen) atoms. The summed E-state index contributed by atoms with van der Waals surface area (Å²) in [7, 11) is 0. The molecule has 0 aliphatic carbocycles. The van der Waals surface area contributed by atoms with Crippen LogP contribution in [-0.2, 0) is 19.1 Å². The molecule has 0 unspecified atom stereocenters. The van der Waals surface area contributed by atoms with E-state index < -0.39 is 36.1 Å². The van der Waals surface area contributed by atoms with Gasteiger partial charge in [-0.05, 0) is 25.7 Å². The summed E-state index contributed by atoms with van der Waals surface area (Å²) < 4.78 is 5.50. The summed E-state index contributed by atoms with van der Waals surface area (Å²) in [5.74, 6) is -1.51. The van der Waals surface area contributed by atoms with E-state index in [-0.39, 0.29) is 5.91 Å². The van der Waals surface area contributed by atoms with E-state index >= 15 is 0 Å². The van der Waals surface area contributed by atoms with Crippen molar-refractivity contribution in [1.29, 1.82) is 0 Å². The first-order valence-electron chi connectivity index (χ1n) is 10.1. The standard InChI is InChI=1S/C21H27N3O5/c1-3-21(4-2)19(27)24(20(28)22-21)14-16(25)29-17(15-10-6-5-7-11-15)18(26)23-12-8-9-13-23/h5-7,10-11,17H,3-4,8-9,12-14H2,1-2H3,(H,22,28)/t17-/m1/s1. The number of hydrogen-bond donors (Lipinski definition) is 1. The van der Waals surface area contributed by atoms with Crippen molar-refractivity contribution in [3.63, 3.8) is 0 Å². The third-order valence-electron chi connectivity index (χ3n) is 5.73. The quantitative estimate of drug-likeness (QED) is 0.557. The smallest absolute Gasteiger partial charge is 0.327 e. The minimum absolute atomic E-state index is 0.282. The first-order chi connectivity index (χ1) is 13.9. The normalized spacial score (nSPS) is 19.2. The molecular formula is C21H27N3O5. The van der Waals surface area contributed by atoms with Gasteiger partial charge < -0.3 is 15.0 Å². The molecule has 0 aromatic heterocycles. The van der Waals surface area contributed by atoms with Crippen molar-refractivity contribution in [3.05, 3.63) is 35.9 Å². The third kappa shape index (κ3) is 4.11. The largest absolute Gasteiger partial charge is 0.446 e. The fraction of sp³-hybridized carbons (Fsp3) is 0.524. The van der Waals surface area contributed by atoms with Crippen molar-refractivity contribution in [3.8, 4) is 0 Å². The first-order valence-corrected chi connectivity index (χ1v) is 10.1. The number of carbonyl (C=O) groups is 4. The maximum Gasteiger partial charge on any atom is 0.327 e. The average molecular weight is 401 g/mol. The highest BCUT2D eigenvalue weighted by Gasteiger charge is 2.49. The van der Waals surface area contributed by atoms with Gasteiger partial charge in [0.2, 0.25) is 6.10 Å². The first kappa shape index (κ1) is 20.8. The van der Waals surface area contributed by atoms with E-state index in [0.29, 0.717) is 31.5 Å². The molecule has 4 amide bonds. The lowest BCUT2D eigenvalue weighted by Crippen LogP contribution is -2.46. The molecule has 2 fully saturated rings. The van der Waals surface area contributed by atoms with Crippen LogP contribution in [0.3, 0.4) is 0 Å². The van der Waals surface area contributed by atoms with Crippen LogP contribution < -0.4 is 5.32 Å². The SMILES string of the molecule is CCC1(CC)NC(=O)N(CC(=O)O[C@@H](C(=O)N2CCCC2)c2ccccc2)C1=O. The second-order valence-electron chi connectivity index (χ2n) is 7.42. The third-order valence-corrected chi connectivity index (χ3v) is 5.73. The highest BCUT2D eigenvalue weighted by molar-refractivity contribution is 6.08. The van der Waals surface area contributed by atoms with Crippen LogP contribution in [0.1, 0.15) is 51.2 Å². The van der Waals surface area contributed by atoms with Crippen LogP contribution in [0.2, 0.25) is 0 Å². The lowest BCUT2D eigenvalue weighted by Gasteiger charge is -2.25. The maximum absolute atomic E-state index is 12.9. The van der Waals surface area contributed by atoms with Gasteiger partial charge in [-0.2, -0.15) is 0 Å². The summed E-state index contributed by atoms with van der Waals surface area (Å²) in [4.78, 5) is 53.1. The minimum atomic E-state index is -1.09.